The summed E-state index contributed by atoms with van der Waals surface area (Å²) in [6.45, 7) is 0. The number of benzene rings is 2. The van der Waals surface area contributed by atoms with Crippen molar-refractivity contribution in [3.05, 3.63) is 71.8 Å². The lowest BCUT2D eigenvalue weighted by molar-refractivity contribution is -0.121. The molecule has 0 aliphatic heterocycles. The second-order valence-corrected chi connectivity index (χ2v) is 11.2. The van der Waals surface area contributed by atoms with Gasteiger partial charge in [-0.25, -0.2) is 16.8 Å². The van der Waals surface area contributed by atoms with Crippen molar-refractivity contribution in [3.63, 3.8) is 0 Å². The summed E-state index contributed by atoms with van der Waals surface area (Å²) in [7, 11) is -8.21. The normalized spacial score (nSPS) is 13.6. The number of carbonyl (C=O) groups excluding carboxylic acids is 2. The number of nitrogens with one attached hydrogen (secondary N) is 2. The van der Waals surface area contributed by atoms with Crippen molar-refractivity contribution in [3.8, 4) is 0 Å². The van der Waals surface area contributed by atoms with Crippen LogP contribution in [-0.4, -0.2) is 52.2 Å². The molecule has 0 bridgehead atoms. The van der Waals surface area contributed by atoms with Gasteiger partial charge in [0.2, 0.25) is 20.0 Å². The van der Waals surface area contributed by atoms with Crippen molar-refractivity contribution in [2.24, 2.45) is 11.5 Å². The van der Waals surface area contributed by atoms with Crippen LogP contribution in [0.5, 0.6) is 0 Å². The summed E-state index contributed by atoms with van der Waals surface area (Å²) in [6.07, 6.45) is -0.0508. The molecular weight excluding hydrogens is 468 g/mol. The molecule has 2 aromatic rings. The van der Waals surface area contributed by atoms with Gasteiger partial charge in [0.25, 0.3) is 11.8 Å². The van der Waals surface area contributed by atoms with Gasteiger partial charge in [0.05, 0.1) is 23.6 Å². The first-order chi connectivity index (χ1) is 15.5. The molecule has 0 spiro atoms. The summed E-state index contributed by atoms with van der Waals surface area (Å²) in [5.41, 5.74) is 13.1. The summed E-state index contributed by atoms with van der Waals surface area (Å²) in [4.78, 5) is 24.2. The molecule has 180 valence electrons. The van der Waals surface area contributed by atoms with Crippen LogP contribution < -0.4 is 20.9 Å². The van der Waals surface area contributed by atoms with E-state index in [1.165, 1.54) is 0 Å². The van der Waals surface area contributed by atoms with E-state index >= 15 is 0 Å². The minimum atomic E-state index is -4.11. The fourth-order valence-electron chi connectivity index (χ4n) is 2.92. The number of nitrogens with two attached hydrogens (primary N) is 2. The van der Waals surface area contributed by atoms with Gasteiger partial charge < -0.3 is 11.5 Å². The van der Waals surface area contributed by atoms with Crippen LogP contribution in [0.4, 0.5) is 0 Å². The molecule has 0 radical (unpaired) electrons. The number of sulfonamides is 2. The van der Waals surface area contributed by atoms with Gasteiger partial charge in [0.15, 0.2) is 0 Å². The smallest absolute Gasteiger partial charge is 0.250 e. The van der Waals surface area contributed by atoms with E-state index in [2.05, 4.69) is 0 Å². The van der Waals surface area contributed by atoms with E-state index in [1.807, 2.05) is 9.44 Å². The average molecular weight is 497 g/mol. The predicted molar refractivity (Wildman–Crippen MR) is 125 cm³/mol. The SMILES string of the molecule is NC(Cc1ccccc1)C(=O)NS(=O)(=O)CCCS(=O)(=O)NC(=O)C(N)Cc1ccccc1. The number of rotatable bonds is 12. The van der Waals surface area contributed by atoms with E-state index < -0.39 is 55.5 Å². The highest BCUT2D eigenvalue weighted by Gasteiger charge is 2.23. The van der Waals surface area contributed by atoms with E-state index in [0.717, 1.165) is 11.1 Å². The first kappa shape index (κ1) is 26.5. The van der Waals surface area contributed by atoms with Crippen molar-refractivity contribution in [1.29, 1.82) is 0 Å². The monoisotopic (exact) mass is 496 g/mol. The second kappa shape index (κ2) is 11.9. The largest absolute Gasteiger partial charge is 0.320 e. The van der Waals surface area contributed by atoms with Crippen LogP contribution in [0.3, 0.4) is 0 Å². The molecule has 0 saturated carbocycles. The Bertz CT molecular complexity index is 1050. The highest BCUT2D eigenvalue weighted by atomic mass is 32.2. The second-order valence-electron chi connectivity index (χ2n) is 7.52. The van der Waals surface area contributed by atoms with Crippen molar-refractivity contribution in [1.82, 2.24) is 9.44 Å². The zero-order valence-corrected chi connectivity index (χ0v) is 19.5. The Hall–Kier alpha value is -2.80. The maximum atomic E-state index is 12.1. The number of amides is 2. The van der Waals surface area contributed by atoms with E-state index in [1.54, 1.807) is 60.7 Å². The van der Waals surface area contributed by atoms with Gasteiger partial charge in [-0.2, -0.15) is 0 Å². The summed E-state index contributed by atoms with van der Waals surface area (Å²) >= 11 is 0. The quantitative estimate of drug-likeness (QED) is 0.301. The third kappa shape index (κ3) is 9.70. The van der Waals surface area contributed by atoms with Gasteiger partial charge >= 0.3 is 0 Å². The minimum absolute atomic E-state index is 0.145. The van der Waals surface area contributed by atoms with Crippen LogP contribution in [0.1, 0.15) is 17.5 Å². The molecule has 2 unspecified atom stereocenters. The van der Waals surface area contributed by atoms with Gasteiger partial charge in [-0.3, -0.25) is 19.0 Å². The topological polar surface area (TPSA) is 179 Å². The van der Waals surface area contributed by atoms with Crippen LogP contribution in [0.2, 0.25) is 0 Å². The lowest BCUT2D eigenvalue weighted by atomic mass is 10.1. The number of hydrogen-bond donors (Lipinski definition) is 4. The molecular formula is C21H28N4O6S2. The van der Waals surface area contributed by atoms with E-state index in [0.29, 0.717) is 0 Å². The molecule has 6 N–H and O–H groups in total. The Kier molecular flexibility index (Phi) is 9.53. The van der Waals surface area contributed by atoms with E-state index in [4.69, 9.17) is 11.5 Å². The third-order valence-corrected chi connectivity index (χ3v) is 7.29. The lowest BCUT2D eigenvalue weighted by Crippen LogP contribution is -2.46. The van der Waals surface area contributed by atoms with Gasteiger partial charge in [0.1, 0.15) is 0 Å². The molecule has 0 fully saturated rings. The summed E-state index contributed by atoms with van der Waals surface area (Å²) in [5, 5.41) is 0. The molecule has 0 aromatic heterocycles. The van der Waals surface area contributed by atoms with Crippen LogP contribution in [0, 0.1) is 0 Å². The van der Waals surface area contributed by atoms with Gasteiger partial charge in [-0.05, 0) is 30.4 Å². The maximum Gasteiger partial charge on any atom is 0.250 e. The molecule has 0 aliphatic carbocycles. The third-order valence-electron chi connectivity index (χ3n) is 4.61. The molecule has 2 rings (SSSR count). The molecule has 0 aliphatic rings. The molecule has 2 aromatic carbocycles. The molecule has 0 heterocycles. The average Bonchev–Trinajstić information content (AvgIpc) is 2.74. The Morgan fingerprint density at radius 1 is 0.667 bits per heavy atom. The van der Waals surface area contributed by atoms with Crippen LogP contribution in [0.25, 0.3) is 0 Å². The Labute approximate surface area is 193 Å². The Morgan fingerprint density at radius 3 is 1.33 bits per heavy atom. The Balaban J connectivity index is 1.79. The highest BCUT2D eigenvalue weighted by molar-refractivity contribution is 7.90. The molecule has 0 saturated heterocycles. The minimum Gasteiger partial charge on any atom is -0.320 e. The van der Waals surface area contributed by atoms with Crippen molar-refractivity contribution >= 4 is 31.9 Å². The molecule has 10 nitrogen and oxygen atoms in total. The first-order valence-electron chi connectivity index (χ1n) is 10.1. The van der Waals surface area contributed by atoms with E-state index in [9.17, 15) is 26.4 Å². The zero-order valence-electron chi connectivity index (χ0n) is 17.9. The lowest BCUT2D eigenvalue weighted by Gasteiger charge is -2.14. The fraction of sp³-hybridized carbons (Fsp3) is 0.333. The maximum absolute atomic E-state index is 12.1. The Morgan fingerprint density at radius 2 is 1.00 bits per heavy atom. The number of hydrogen-bond acceptors (Lipinski definition) is 8. The molecule has 33 heavy (non-hydrogen) atoms. The highest BCUT2D eigenvalue weighted by Crippen LogP contribution is 2.04. The van der Waals surface area contributed by atoms with Crippen LogP contribution in [0.15, 0.2) is 60.7 Å². The number of carbonyl (C=O) groups is 2. The van der Waals surface area contributed by atoms with Gasteiger partial charge in [-0.15, -0.1) is 0 Å². The molecule has 2 amide bonds. The van der Waals surface area contributed by atoms with Crippen molar-refractivity contribution in [2.75, 3.05) is 11.5 Å². The summed E-state index contributed by atoms with van der Waals surface area (Å²) in [6, 6.07) is 15.5. The van der Waals surface area contributed by atoms with Gasteiger partial charge in [0, 0.05) is 0 Å². The van der Waals surface area contributed by atoms with Crippen LogP contribution in [-0.2, 0) is 42.5 Å². The van der Waals surface area contributed by atoms with Crippen LogP contribution >= 0.6 is 0 Å². The first-order valence-corrected chi connectivity index (χ1v) is 13.5. The van der Waals surface area contributed by atoms with Crippen molar-refractivity contribution in [2.45, 2.75) is 31.3 Å². The van der Waals surface area contributed by atoms with Crippen molar-refractivity contribution < 1.29 is 26.4 Å². The molecule has 2 atom stereocenters. The zero-order chi connectivity index (χ0) is 24.5. The molecule has 12 heteroatoms. The summed E-state index contributed by atoms with van der Waals surface area (Å²) in [5.74, 6) is -3.05. The van der Waals surface area contributed by atoms with E-state index in [-0.39, 0.29) is 19.3 Å². The van der Waals surface area contributed by atoms with Gasteiger partial charge in [-0.1, -0.05) is 60.7 Å². The summed E-state index contributed by atoms with van der Waals surface area (Å²) < 4.78 is 52.2. The fourth-order valence-corrected chi connectivity index (χ4v) is 5.27. The predicted octanol–water partition coefficient (Wildman–Crippen LogP) is -0.591. The standard InChI is InChI=1S/C21H28N4O6S2/c22-18(14-16-8-3-1-4-9-16)20(26)24-32(28,29)12-7-13-33(30,31)25-21(27)19(23)15-17-10-5-2-6-11-17/h1-6,8-11,18-19H,7,12-15,22-23H2,(H,24,26)(H,25,27).